The summed E-state index contributed by atoms with van der Waals surface area (Å²) in [7, 11) is 0. The van der Waals surface area contributed by atoms with E-state index >= 15 is 0 Å². The molecular formula is C10H9ClN4O. The van der Waals surface area contributed by atoms with E-state index in [0.29, 0.717) is 12.1 Å². The topological polar surface area (TPSA) is 70.7 Å². The van der Waals surface area contributed by atoms with E-state index in [1.807, 2.05) is 0 Å². The molecule has 0 saturated carbocycles. The van der Waals surface area contributed by atoms with Crippen LogP contribution < -0.4 is 5.32 Å². The average Bonchev–Trinajstić information content (AvgIpc) is 2.79. The summed E-state index contributed by atoms with van der Waals surface area (Å²) >= 11 is 5.79. The van der Waals surface area contributed by atoms with E-state index in [0.717, 1.165) is 5.56 Å². The number of amides is 1. The molecule has 0 fully saturated rings. The lowest BCUT2D eigenvalue weighted by atomic mass is 10.2. The molecule has 82 valence electrons. The number of carbonyl (C=O) groups is 1. The molecule has 2 heterocycles. The maximum absolute atomic E-state index is 11.7. The van der Waals surface area contributed by atoms with Crippen LogP contribution >= 0.6 is 11.6 Å². The quantitative estimate of drug-likeness (QED) is 0.791. The summed E-state index contributed by atoms with van der Waals surface area (Å²) in [5.41, 5.74) is 1.26. The maximum Gasteiger partial charge on any atom is 0.254 e. The van der Waals surface area contributed by atoms with Crippen LogP contribution in [0.25, 0.3) is 0 Å². The lowest BCUT2D eigenvalue weighted by Gasteiger charge is -2.04. The second kappa shape index (κ2) is 4.76. The molecule has 0 radical (unpaired) electrons. The van der Waals surface area contributed by atoms with Gasteiger partial charge in [-0.3, -0.25) is 9.89 Å². The Labute approximate surface area is 96.8 Å². The summed E-state index contributed by atoms with van der Waals surface area (Å²) in [5.74, 6) is -0.251. The third-order valence-electron chi connectivity index (χ3n) is 2.01. The Morgan fingerprint density at radius 2 is 2.44 bits per heavy atom. The van der Waals surface area contributed by atoms with Gasteiger partial charge < -0.3 is 5.32 Å². The normalized spacial score (nSPS) is 10.1. The van der Waals surface area contributed by atoms with Gasteiger partial charge in [-0.15, -0.1) is 0 Å². The minimum Gasteiger partial charge on any atom is -0.348 e. The number of pyridine rings is 1. The van der Waals surface area contributed by atoms with Gasteiger partial charge in [0.25, 0.3) is 5.91 Å². The third-order valence-corrected chi connectivity index (χ3v) is 2.31. The zero-order chi connectivity index (χ0) is 11.4. The molecule has 0 aliphatic rings. The SMILES string of the molecule is O=C(NCc1cn[nH]c1)c1cccnc1Cl. The van der Waals surface area contributed by atoms with Gasteiger partial charge in [0.1, 0.15) is 5.15 Å². The number of halogens is 1. The minimum atomic E-state index is -0.251. The lowest BCUT2D eigenvalue weighted by molar-refractivity contribution is 0.0950. The van der Waals surface area contributed by atoms with Crippen LogP contribution in [-0.2, 0) is 6.54 Å². The van der Waals surface area contributed by atoms with E-state index in [1.165, 1.54) is 6.20 Å². The highest BCUT2D eigenvalue weighted by Crippen LogP contribution is 2.11. The molecule has 0 aromatic carbocycles. The molecule has 2 aromatic rings. The monoisotopic (exact) mass is 236 g/mol. The van der Waals surface area contributed by atoms with Crippen LogP contribution in [0.2, 0.25) is 5.15 Å². The molecule has 1 amide bonds. The fourth-order valence-electron chi connectivity index (χ4n) is 1.21. The number of nitrogens with one attached hydrogen (secondary N) is 2. The molecule has 0 unspecified atom stereocenters. The van der Waals surface area contributed by atoms with E-state index in [1.54, 1.807) is 24.5 Å². The Balaban J connectivity index is 2.01. The van der Waals surface area contributed by atoms with E-state index in [4.69, 9.17) is 11.6 Å². The van der Waals surface area contributed by atoms with Gasteiger partial charge >= 0.3 is 0 Å². The van der Waals surface area contributed by atoms with Crippen molar-refractivity contribution in [3.8, 4) is 0 Å². The first kappa shape index (κ1) is 10.6. The highest BCUT2D eigenvalue weighted by molar-refractivity contribution is 6.32. The predicted octanol–water partition coefficient (Wildman–Crippen LogP) is 1.39. The average molecular weight is 237 g/mol. The summed E-state index contributed by atoms with van der Waals surface area (Å²) < 4.78 is 0. The van der Waals surface area contributed by atoms with Gasteiger partial charge in [-0.05, 0) is 12.1 Å². The van der Waals surface area contributed by atoms with Crippen molar-refractivity contribution in [2.24, 2.45) is 0 Å². The standard InChI is InChI=1S/C10H9ClN4O/c11-9-8(2-1-3-12-9)10(16)13-4-7-5-14-15-6-7/h1-3,5-6H,4H2,(H,13,16)(H,14,15). The molecule has 2 N–H and O–H groups in total. The van der Waals surface area contributed by atoms with Crippen molar-refractivity contribution >= 4 is 17.5 Å². The van der Waals surface area contributed by atoms with Crippen molar-refractivity contribution in [3.05, 3.63) is 47.0 Å². The molecule has 2 aromatic heterocycles. The lowest BCUT2D eigenvalue weighted by Crippen LogP contribution is -2.23. The largest absolute Gasteiger partial charge is 0.348 e. The van der Waals surface area contributed by atoms with Crippen molar-refractivity contribution in [1.82, 2.24) is 20.5 Å². The first-order valence-corrected chi connectivity index (χ1v) is 5.01. The molecule has 0 aliphatic heterocycles. The van der Waals surface area contributed by atoms with Gasteiger partial charge in [0, 0.05) is 24.5 Å². The van der Waals surface area contributed by atoms with Crippen molar-refractivity contribution in [2.45, 2.75) is 6.54 Å². The van der Waals surface area contributed by atoms with Crippen LogP contribution in [0.5, 0.6) is 0 Å². The number of hydrogen-bond donors (Lipinski definition) is 2. The van der Waals surface area contributed by atoms with Crippen LogP contribution in [0.15, 0.2) is 30.7 Å². The Hall–Kier alpha value is -1.88. The summed E-state index contributed by atoms with van der Waals surface area (Å²) in [4.78, 5) is 15.5. The van der Waals surface area contributed by atoms with Crippen molar-refractivity contribution in [3.63, 3.8) is 0 Å². The number of aromatic nitrogens is 3. The van der Waals surface area contributed by atoms with Crippen LogP contribution in [0.3, 0.4) is 0 Å². The van der Waals surface area contributed by atoms with Gasteiger partial charge in [0.05, 0.1) is 11.8 Å². The fraction of sp³-hybridized carbons (Fsp3) is 0.100. The van der Waals surface area contributed by atoms with Crippen molar-refractivity contribution in [1.29, 1.82) is 0 Å². The van der Waals surface area contributed by atoms with Gasteiger partial charge in [0.2, 0.25) is 0 Å². The number of carbonyl (C=O) groups excluding carboxylic acids is 1. The van der Waals surface area contributed by atoms with E-state index in [9.17, 15) is 4.79 Å². The second-order valence-electron chi connectivity index (χ2n) is 3.13. The molecule has 16 heavy (non-hydrogen) atoms. The smallest absolute Gasteiger partial charge is 0.254 e. The molecule has 0 aliphatic carbocycles. The van der Waals surface area contributed by atoms with Gasteiger partial charge in [-0.1, -0.05) is 11.6 Å². The second-order valence-corrected chi connectivity index (χ2v) is 3.49. The van der Waals surface area contributed by atoms with Crippen LogP contribution in [-0.4, -0.2) is 21.1 Å². The Morgan fingerprint density at radius 1 is 1.56 bits per heavy atom. The highest BCUT2D eigenvalue weighted by Gasteiger charge is 2.09. The maximum atomic E-state index is 11.7. The zero-order valence-electron chi connectivity index (χ0n) is 8.27. The highest BCUT2D eigenvalue weighted by atomic mass is 35.5. The fourth-order valence-corrected chi connectivity index (χ4v) is 1.41. The summed E-state index contributed by atoms with van der Waals surface area (Å²) in [6.45, 7) is 0.403. The Bertz CT molecular complexity index is 483. The first-order valence-electron chi connectivity index (χ1n) is 4.64. The van der Waals surface area contributed by atoms with E-state index in [2.05, 4.69) is 20.5 Å². The predicted molar refractivity (Wildman–Crippen MR) is 59.0 cm³/mol. The third kappa shape index (κ3) is 2.38. The Kier molecular flexibility index (Phi) is 3.16. The Morgan fingerprint density at radius 3 is 3.12 bits per heavy atom. The summed E-state index contributed by atoms with van der Waals surface area (Å²) in [6, 6.07) is 3.29. The number of nitrogens with zero attached hydrogens (tertiary/aromatic N) is 2. The van der Waals surface area contributed by atoms with Gasteiger partial charge in [0.15, 0.2) is 0 Å². The molecule has 6 heteroatoms. The first-order chi connectivity index (χ1) is 7.77. The molecule has 0 spiro atoms. The number of H-pyrrole nitrogens is 1. The van der Waals surface area contributed by atoms with Crippen LogP contribution in [0.1, 0.15) is 15.9 Å². The summed E-state index contributed by atoms with van der Waals surface area (Å²) in [6.07, 6.45) is 4.89. The van der Waals surface area contributed by atoms with Crippen LogP contribution in [0.4, 0.5) is 0 Å². The zero-order valence-corrected chi connectivity index (χ0v) is 9.03. The van der Waals surface area contributed by atoms with E-state index in [-0.39, 0.29) is 11.1 Å². The van der Waals surface area contributed by atoms with Gasteiger partial charge in [-0.2, -0.15) is 5.10 Å². The minimum absolute atomic E-state index is 0.201. The van der Waals surface area contributed by atoms with Crippen molar-refractivity contribution in [2.75, 3.05) is 0 Å². The summed E-state index contributed by atoms with van der Waals surface area (Å²) in [5, 5.41) is 9.36. The van der Waals surface area contributed by atoms with Crippen molar-refractivity contribution < 1.29 is 4.79 Å². The molecular weight excluding hydrogens is 228 g/mol. The molecule has 5 nitrogen and oxygen atoms in total. The number of aromatic amines is 1. The molecule has 2 rings (SSSR count). The molecule has 0 bridgehead atoms. The van der Waals surface area contributed by atoms with E-state index < -0.39 is 0 Å². The molecule has 0 atom stereocenters. The number of hydrogen-bond acceptors (Lipinski definition) is 3. The molecule has 0 saturated heterocycles. The van der Waals surface area contributed by atoms with Gasteiger partial charge in [-0.25, -0.2) is 4.98 Å². The van der Waals surface area contributed by atoms with Crippen LogP contribution in [0, 0.1) is 0 Å². The number of rotatable bonds is 3.